The summed E-state index contributed by atoms with van der Waals surface area (Å²) in [5.41, 5.74) is 8.37. The van der Waals surface area contributed by atoms with Gasteiger partial charge in [-0.15, -0.1) is 0 Å². The van der Waals surface area contributed by atoms with E-state index in [2.05, 4.69) is 18.1 Å². The first-order valence-electron chi connectivity index (χ1n) is 4.98. The molecule has 1 aliphatic rings. The lowest BCUT2D eigenvalue weighted by Gasteiger charge is -2.01. The fourth-order valence-electron chi connectivity index (χ4n) is 1.63. The molecule has 2 rings (SSSR count). The highest BCUT2D eigenvalue weighted by Crippen LogP contribution is 2.41. The van der Waals surface area contributed by atoms with Gasteiger partial charge in [0.1, 0.15) is 0 Å². The summed E-state index contributed by atoms with van der Waals surface area (Å²) in [6.45, 7) is 2.18. The molecule has 0 aliphatic heterocycles. The number of nitrogens with two attached hydrogens (primary N) is 1. The van der Waals surface area contributed by atoms with Crippen LogP contribution in [0, 0.1) is 0 Å². The summed E-state index contributed by atoms with van der Waals surface area (Å²) in [7, 11) is 2.00. The Labute approximate surface area is 78.9 Å². The lowest BCUT2D eigenvalue weighted by molar-refractivity contribution is 0.643. The van der Waals surface area contributed by atoms with Crippen LogP contribution in [0.1, 0.15) is 37.6 Å². The third-order valence-electron chi connectivity index (χ3n) is 2.78. The number of aromatic nitrogens is 2. The molecular weight excluding hydrogens is 162 g/mol. The van der Waals surface area contributed by atoms with Gasteiger partial charge in [0.05, 0.1) is 11.2 Å². The van der Waals surface area contributed by atoms with Crippen molar-refractivity contribution in [3.8, 4) is 0 Å². The SMILES string of the molecule is CCCc1cc(C2(N)CC2)nn1C. The lowest BCUT2D eigenvalue weighted by atomic mass is 10.1. The summed E-state index contributed by atoms with van der Waals surface area (Å²) in [4.78, 5) is 0. The van der Waals surface area contributed by atoms with Crippen LogP contribution in [-0.4, -0.2) is 9.78 Å². The average Bonchev–Trinajstić information content (AvgIpc) is 2.72. The van der Waals surface area contributed by atoms with Crippen LogP contribution in [0.25, 0.3) is 0 Å². The minimum Gasteiger partial charge on any atom is -0.320 e. The van der Waals surface area contributed by atoms with Gasteiger partial charge in [0.2, 0.25) is 0 Å². The summed E-state index contributed by atoms with van der Waals surface area (Å²) < 4.78 is 1.96. The van der Waals surface area contributed by atoms with E-state index in [-0.39, 0.29) is 5.54 Å². The standard InChI is InChI=1S/C10H17N3/c1-3-4-8-7-9(12-13(8)2)10(11)5-6-10/h7H,3-6,11H2,1-2H3. The highest BCUT2D eigenvalue weighted by molar-refractivity contribution is 5.24. The van der Waals surface area contributed by atoms with E-state index in [9.17, 15) is 0 Å². The van der Waals surface area contributed by atoms with E-state index >= 15 is 0 Å². The molecule has 0 aromatic carbocycles. The molecule has 1 aromatic heterocycles. The van der Waals surface area contributed by atoms with Crippen molar-refractivity contribution < 1.29 is 0 Å². The van der Waals surface area contributed by atoms with Crippen molar-refractivity contribution in [2.24, 2.45) is 12.8 Å². The molecule has 2 N–H and O–H groups in total. The smallest absolute Gasteiger partial charge is 0.0825 e. The molecule has 0 amide bonds. The monoisotopic (exact) mass is 179 g/mol. The first kappa shape index (κ1) is 8.75. The van der Waals surface area contributed by atoms with Crippen LogP contribution in [0.5, 0.6) is 0 Å². The third-order valence-corrected chi connectivity index (χ3v) is 2.78. The van der Waals surface area contributed by atoms with Crippen molar-refractivity contribution in [1.82, 2.24) is 9.78 Å². The van der Waals surface area contributed by atoms with Crippen molar-refractivity contribution in [2.75, 3.05) is 0 Å². The zero-order valence-corrected chi connectivity index (χ0v) is 8.38. The van der Waals surface area contributed by atoms with Crippen LogP contribution < -0.4 is 5.73 Å². The molecule has 0 bridgehead atoms. The molecule has 1 aliphatic carbocycles. The van der Waals surface area contributed by atoms with Gasteiger partial charge in [-0.25, -0.2) is 0 Å². The Morgan fingerprint density at radius 1 is 1.62 bits per heavy atom. The quantitative estimate of drug-likeness (QED) is 0.760. The van der Waals surface area contributed by atoms with Crippen LogP contribution in [0.15, 0.2) is 6.07 Å². The number of rotatable bonds is 3. The summed E-state index contributed by atoms with van der Waals surface area (Å²) >= 11 is 0. The second kappa shape index (κ2) is 2.84. The molecule has 1 heterocycles. The Kier molecular flexibility index (Phi) is 1.91. The summed E-state index contributed by atoms with van der Waals surface area (Å²) in [6, 6.07) is 2.16. The fourth-order valence-corrected chi connectivity index (χ4v) is 1.63. The number of hydrogen-bond donors (Lipinski definition) is 1. The maximum absolute atomic E-state index is 6.07. The van der Waals surface area contributed by atoms with Crippen LogP contribution in [0.4, 0.5) is 0 Å². The molecule has 3 heteroatoms. The minimum absolute atomic E-state index is 0.0796. The van der Waals surface area contributed by atoms with E-state index in [0.29, 0.717) is 0 Å². The summed E-state index contributed by atoms with van der Waals surface area (Å²) in [6.07, 6.45) is 4.45. The van der Waals surface area contributed by atoms with E-state index in [0.717, 1.165) is 31.4 Å². The van der Waals surface area contributed by atoms with Crippen LogP contribution in [-0.2, 0) is 19.0 Å². The van der Waals surface area contributed by atoms with Crippen molar-refractivity contribution in [2.45, 2.75) is 38.1 Å². The van der Waals surface area contributed by atoms with E-state index in [1.807, 2.05) is 11.7 Å². The Balaban J connectivity index is 2.24. The van der Waals surface area contributed by atoms with Gasteiger partial charge in [0.25, 0.3) is 0 Å². The Bertz CT molecular complexity index is 310. The Hall–Kier alpha value is -0.830. The molecule has 0 saturated heterocycles. The van der Waals surface area contributed by atoms with Crippen molar-refractivity contribution >= 4 is 0 Å². The van der Waals surface area contributed by atoms with Crippen molar-refractivity contribution in [3.05, 3.63) is 17.5 Å². The number of nitrogens with zero attached hydrogens (tertiary/aromatic N) is 2. The van der Waals surface area contributed by atoms with Gasteiger partial charge in [0.15, 0.2) is 0 Å². The average molecular weight is 179 g/mol. The lowest BCUT2D eigenvalue weighted by Crippen LogP contribution is -2.19. The van der Waals surface area contributed by atoms with E-state index < -0.39 is 0 Å². The van der Waals surface area contributed by atoms with Gasteiger partial charge in [-0.2, -0.15) is 5.10 Å². The van der Waals surface area contributed by atoms with Gasteiger partial charge in [-0.3, -0.25) is 4.68 Å². The third kappa shape index (κ3) is 1.48. The number of hydrogen-bond acceptors (Lipinski definition) is 2. The topological polar surface area (TPSA) is 43.8 Å². The fraction of sp³-hybridized carbons (Fsp3) is 0.700. The van der Waals surface area contributed by atoms with Crippen LogP contribution in [0.3, 0.4) is 0 Å². The van der Waals surface area contributed by atoms with E-state index in [1.54, 1.807) is 0 Å². The van der Waals surface area contributed by atoms with Gasteiger partial charge in [-0.05, 0) is 25.3 Å². The second-order valence-corrected chi connectivity index (χ2v) is 4.05. The largest absolute Gasteiger partial charge is 0.320 e. The summed E-state index contributed by atoms with van der Waals surface area (Å²) in [5.74, 6) is 0. The molecule has 13 heavy (non-hydrogen) atoms. The normalized spacial score (nSPS) is 19.0. The maximum atomic E-state index is 6.07. The minimum atomic E-state index is -0.0796. The highest BCUT2D eigenvalue weighted by atomic mass is 15.3. The molecule has 0 radical (unpaired) electrons. The van der Waals surface area contributed by atoms with Crippen molar-refractivity contribution in [3.63, 3.8) is 0 Å². The predicted octanol–water partition coefficient (Wildman–Crippen LogP) is 1.32. The Morgan fingerprint density at radius 2 is 2.31 bits per heavy atom. The van der Waals surface area contributed by atoms with Gasteiger partial charge in [-0.1, -0.05) is 13.3 Å². The molecule has 72 valence electrons. The molecule has 0 unspecified atom stereocenters. The molecule has 3 nitrogen and oxygen atoms in total. The molecule has 1 fully saturated rings. The zero-order valence-electron chi connectivity index (χ0n) is 8.38. The first-order valence-corrected chi connectivity index (χ1v) is 4.98. The van der Waals surface area contributed by atoms with Crippen LogP contribution >= 0.6 is 0 Å². The maximum Gasteiger partial charge on any atom is 0.0825 e. The highest BCUT2D eigenvalue weighted by Gasteiger charge is 2.42. The molecule has 0 atom stereocenters. The summed E-state index contributed by atoms with van der Waals surface area (Å²) in [5, 5.41) is 4.45. The van der Waals surface area contributed by atoms with Crippen LogP contribution in [0.2, 0.25) is 0 Å². The molecule has 0 spiro atoms. The molecule has 1 saturated carbocycles. The first-order chi connectivity index (χ1) is 6.15. The van der Waals surface area contributed by atoms with Gasteiger partial charge < -0.3 is 5.73 Å². The predicted molar refractivity (Wildman–Crippen MR) is 52.3 cm³/mol. The van der Waals surface area contributed by atoms with E-state index in [1.165, 1.54) is 5.69 Å². The number of aryl methyl sites for hydroxylation is 2. The zero-order chi connectivity index (χ0) is 9.47. The van der Waals surface area contributed by atoms with Gasteiger partial charge in [0, 0.05) is 12.7 Å². The van der Waals surface area contributed by atoms with Crippen molar-refractivity contribution in [1.29, 1.82) is 0 Å². The Morgan fingerprint density at radius 3 is 2.85 bits per heavy atom. The molecule has 1 aromatic rings. The second-order valence-electron chi connectivity index (χ2n) is 4.05. The van der Waals surface area contributed by atoms with Gasteiger partial charge >= 0.3 is 0 Å². The van der Waals surface area contributed by atoms with E-state index in [4.69, 9.17) is 5.73 Å². The molecular formula is C10H17N3.